The first-order valence-electron chi connectivity index (χ1n) is 12.1. The van der Waals surface area contributed by atoms with E-state index in [1.54, 1.807) is 42.5 Å². The van der Waals surface area contributed by atoms with Crippen molar-refractivity contribution in [3.05, 3.63) is 107 Å². The summed E-state index contributed by atoms with van der Waals surface area (Å²) >= 11 is 10.8. The molecule has 4 N–H and O–H groups in total. The first kappa shape index (κ1) is 33.3. The highest BCUT2D eigenvalue weighted by Gasteiger charge is 2.33. The van der Waals surface area contributed by atoms with Crippen LogP contribution in [0.5, 0.6) is 11.5 Å². The molecule has 0 saturated carbocycles. The topological polar surface area (TPSA) is 130 Å². The molecule has 0 spiro atoms. The van der Waals surface area contributed by atoms with E-state index in [4.69, 9.17) is 33.1 Å². The Bertz CT molecular complexity index is 1700. The van der Waals surface area contributed by atoms with Crippen molar-refractivity contribution in [1.82, 2.24) is 10.3 Å². The van der Waals surface area contributed by atoms with Crippen LogP contribution >= 0.6 is 23.8 Å². The molecular formula is C28H24ClF3N4O5S2. The van der Waals surface area contributed by atoms with Crippen molar-refractivity contribution in [3.8, 4) is 11.5 Å². The average Bonchev–Trinajstić information content (AvgIpc) is 2.94. The van der Waals surface area contributed by atoms with Crippen molar-refractivity contribution in [1.29, 1.82) is 0 Å². The van der Waals surface area contributed by atoms with Gasteiger partial charge in [0.05, 0.1) is 15.5 Å². The Morgan fingerprint density at radius 2 is 1.53 bits per heavy atom. The molecule has 3 aromatic carbocycles. The number of benzene rings is 3. The number of rotatable bonds is 6. The van der Waals surface area contributed by atoms with E-state index in [1.807, 2.05) is 6.92 Å². The lowest BCUT2D eigenvalue weighted by Gasteiger charge is -2.14. The van der Waals surface area contributed by atoms with E-state index in [2.05, 4.69) is 20.9 Å². The molecule has 43 heavy (non-hydrogen) atoms. The van der Waals surface area contributed by atoms with Crippen molar-refractivity contribution in [2.75, 3.05) is 17.7 Å². The zero-order valence-electron chi connectivity index (χ0n) is 22.4. The summed E-state index contributed by atoms with van der Waals surface area (Å²) in [6, 6.07) is 19.2. The van der Waals surface area contributed by atoms with Gasteiger partial charge in [-0.15, -0.1) is 0 Å². The molecule has 226 valence electrons. The first-order chi connectivity index (χ1) is 20.2. The summed E-state index contributed by atoms with van der Waals surface area (Å²) in [6.07, 6.45) is -3.11. The third kappa shape index (κ3) is 10.2. The number of aromatic nitrogens is 1. The number of aryl methyl sites for hydroxylation is 1. The van der Waals surface area contributed by atoms with Crippen LogP contribution in [0.3, 0.4) is 0 Å². The molecule has 0 saturated heterocycles. The number of anilines is 2. The lowest BCUT2D eigenvalue weighted by molar-refractivity contribution is -0.137. The highest BCUT2D eigenvalue weighted by molar-refractivity contribution is 7.85. The predicted octanol–water partition coefficient (Wildman–Crippen LogP) is 6.96. The third-order valence-electron chi connectivity index (χ3n) is 5.39. The van der Waals surface area contributed by atoms with E-state index in [1.165, 1.54) is 37.5 Å². The van der Waals surface area contributed by atoms with Crippen molar-refractivity contribution >= 4 is 56.3 Å². The Morgan fingerprint density at radius 3 is 2.12 bits per heavy atom. The van der Waals surface area contributed by atoms with E-state index in [-0.39, 0.29) is 27.3 Å². The van der Waals surface area contributed by atoms with Crippen LogP contribution in [-0.4, -0.2) is 36.0 Å². The second kappa shape index (κ2) is 14.3. The van der Waals surface area contributed by atoms with Gasteiger partial charge in [0.15, 0.2) is 5.11 Å². The van der Waals surface area contributed by atoms with Gasteiger partial charge in [-0.1, -0.05) is 29.3 Å². The van der Waals surface area contributed by atoms with Gasteiger partial charge in [-0.3, -0.25) is 14.3 Å². The summed E-state index contributed by atoms with van der Waals surface area (Å²) in [6.45, 7) is 1.84. The average molecular weight is 653 g/mol. The summed E-state index contributed by atoms with van der Waals surface area (Å²) in [4.78, 5) is 15.6. The number of ether oxygens (including phenoxy) is 1. The van der Waals surface area contributed by atoms with Crippen LogP contribution in [0.2, 0.25) is 5.02 Å². The molecule has 9 nitrogen and oxygen atoms in total. The summed E-state index contributed by atoms with van der Waals surface area (Å²) in [5.41, 5.74) is 0.946. The number of nitrogens with zero attached hydrogens (tertiary/aromatic N) is 1. The Hall–Kier alpha value is -4.24. The van der Waals surface area contributed by atoms with Crippen molar-refractivity contribution in [2.45, 2.75) is 18.0 Å². The van der Waals surface area contributed by atoms with Gasteiger partial charge in [-0.2, -0.15) is 21.6 Å². The van der Waals surface area contributed by atoms with Crippen molar-refractivity contribution < 1.29 is 35.7 Å². The molecule has 4 aromatic rings. The van der Waals surface area contributed by atoms with Crippen LogP contribution in [0, 0.1) is 6.92 Å². The number of carbonyl (C=O) groups is 1. The first-order valence-corrected chi connectivity index (χ1v) is 14.3. The number of halogens is 4. The molecule has 0 aliphatic heterocycles. The van der Waals surface area contributed by atoms with Crippen LogP contribution < -0.4 is 20.7 Å². The Labute approximate surface area is 255 Å². The number of hydrogen-bond acceptors (Lipinski definition) is 6. The molecule has 0 bridgehead atoms. The highest BCUT2D eigenvalue weighted by Crippen LogP contribution is 2.36. The summed E-state index contributed by atoms with van der Waals surface area (Å²) < 4.78 is 74.2. The smallest absolute Gasteiger partial charge is 0.417 e. The molecule has 4 rings (SSSR count). The number of carbonyl (C=O) groups excluding carboxylic acids is 1. The van der Waals surface area contributed by atoms with E-state index in [9.17, 15) is 26.4 Å². The predicted molar refractivity (Wildman–Crippen MR) is 161 cm³/mol. The number of hydrogen-bond donors (Lipinski definition) is 4. The van der Waals surface area contributed by atoms with Crippen LogP contribution in [0.1, 0.15) is 21.6 Å². The second-order valence-corrected chi connectivity index (χ2v) is 10.9. The maximum Gasteiger partial charge on any atom is 0.417 e. The van der Waals surface area contributed by atoms with Gasteiger partial charge in [-0.05, 0) is 79.8 Å². The molecule has 0 unspecified atom stereocenters. The minimum Gasteiger partial charge on any atom is -0.457 e. The number of alkyl halides is 3. The van der Waals surface area contributed by atoms with E-state index < -0.39 is 26.9 Å². The molecule has 0 aliphatic carbocycles. The lowest BCUT2D eigenvalue weighted by Crippen LogP contribution is -2.19. The normalized spacial score (nSPS) is 11.0. The lowest BCUT2D eigenvalue weighted by atomic mass is 10.2. The highest BCUT2D eigenvalue weighted by atomic mass is 35.5. The van der Waals surface area contributed by atoms with E-state index >= 15 is 0 Å². The summed E-state index contributed by atoms with van der Waals surface area (Å²) in [7, 11) is -2.51. The standard InChI is InChI=1S/C21H16ClF3N4O2S.C7H8O3S/c1-26-19(30)18-11-15(8-9-27-18)31-14-5-2-12(3-6-14)28-20(32)29-13-4-7-17(22)16(10-13)21(23,24)25;1-6-2-4-7(5-3-6)11(8,9)10/h2-11H,1H3,(H,26,30)(H2,28,29,32);2-5H,1H3,(H,8,9,10). The molecule has 1 heterocycles. The zero-order chi connectivity index (χ0) is 31.8. The Morgan fingerprint density at radius 1 is 0.930 bits per heavy atom. The quantitative estimate of drug-likeness (QED) is 0.129. The largest absolute Gasteiger partial charge is 0.457 e. The summed E-state index contributed by atoms with van der Waals surface area (Å²) in [5, 5.41) is 7.75. The monoisotopic (exact) mass is 652 g/mol. The third-order valence-corrected chi connectivity index (χ3v) is 6.79. The van der Waals surface area contributed by atoms with Gasteiger partial charge in [0.2, 0.25) is 0 Å². The molecule has 0 fully saturated rings. The number of nitrogens with one attached hydrogen (secondary N) is 3. The molecule has 0 atom stereocenters. The van der Waals surface area contributed by atoms with Gasteiger partial charge in [0.1, 0.15) is 17.2 Å². The molecule has 1 aromatic heterocycles. The fourth-order valence-electron chi connectivity index (χ4n) is 3.29. The van der Waals surface area contributed by atoms with Gasteiger partial charge in [-0.25, -0.2) is 0 Å². The van der Waals surface area contributed by atoms with Crippen LogP contribution in [0.15, 0.2) is 90.0 Å². The van der Waals surface area contributed by atoms with Crippen molar-refractivity contribution in [3.63, 3.8) is 0 Å². The van der Waals surface area contributed by atoms with Crippen LogP contribution in [0.4, 0.5) is 24.5 Å². The van der Waals surface area contributed by atoms with Gasteiger partial charge < -0.3 is 20.7 Å². The van der Waals surface area contributed by atoms with E-state index in [0.717, 1.165) is 17.7 Å². The van der Waals surface area contributed by atoms with Gasteiger partial charge in [0, 0.05) is 30.7 Å². The van der Waals surface area contributed by atoms with Gasteiger partial charge >= 0.3 is 6.18 Å². The number of thiocarbonyl (C=S) groups is 1. The van der Waals surface area contributed by atoms with Crippen LogP contribution in [0.25, 0.3) is 0 Å². The van der Waals surface area contributed by atoms with Crippen LogP contribution in [-0.2, 0) is 16.3 Å². The molecule has 0 aliphatic rings. The number of amides is 1. The summed E-state index contributed by atoms with van der Waals surface area (Å²) in [5.74, 6) is 0.592. The Balaban J connectivity index is 0.000000386. The fraction of sp³-hybridized carbons (Fsp3) is 0.107. The number of pyridine rings is 1. The molecule has 1 amide bonds. The van der Waals surface area contributed by atoms with E-state index in [0.29, 0.717) is 17.2 Å². The maximum absolute atomic E-state index is 13.0. The molecule has 0 radical (unpaired) electrons. The molecular weight excluding hydrogens is 629 g/mol. The Kier molecular flexibility index (Phi) is 11.1. The SMILES string of the molecule is CNC(=O)c1cc(Oc2ccc(NC(=S)Nc3ccc(Cl)c(C(F)(F)F)c3)cc2)ccn1.Cc1ccc(S(=O)(=O)O)cc1. The second-order valence-electron chi connectivity index (χ2n) is 8.64. The minimum atomic E-state index is -4.57. The zero-order valence-corrected chi connectivity index (χ0v) is 24.8. The fourth-order valence-corrected chi connectivity index (χ4v) is 4.23. The van der Waals surface area contributed by atoms with Crippen molar-refractivity contribution in [2.24, 2.45) is 0 Å². The maximum atomic E-state index is 13.0. The molecule has 15 heteroatoms. The minimum absolute atomic E-state index is 0.0666. The van der Waals surface area contributed by atoms with Gasteiger partial charge in [0.25, 0.3) is 16.0 Å².